The minimum Gasteiger partial charge on any atom is -0.355 e. The van der Waals surface area contributed by atoms with Gasteiger partial charge in [0, 0.05) is 18.0 Å². The van der Waals surface area contributed by atoms with Crippen molar-refractivity contribution in [3.8, 4) is 0 Å². The number of nitrogens with one attached hydrogen (secondary N) is 1. The first kappa shape index (κ1) is 14.6. The Labute approximate surface area is 114 Å². The molecular formula is C11H18BrN3OS. The monoisotopic (exact) mass is 319 g/mol. The van der Waals surface area contributed by atoms with Crippen LogP contribution in [-0.4, -0.2) is 37.5 Å². The van der Waals surface area contributed by atoms with Gasteiger partial charge in [-0.2, -0.15) is 0 Å². The zero-order chi connectivity index (χ0) is 12.8. The molecule has 1 aromatic rings. The van der Waals surface area contributed by atoms with Crippen LogP contribution in [0.15, 0.2) is 15.9 Å². The lowest BCUT2D eigenvalue weighted by atomic mass is 10.2. The number of hydrogen-bond donors (Lipinski definition) is 2. The summed E-state index contributed by atoms with van der Waals surface area (Å²) in [5.74, 6) is 0.0315. The van der Waals surface area contributed by atoms with Crippen molar-refractivity contribution >= 4 is 33.2 Å². The van der Waals surface area contributed by atoms with Crippen LogP contribution in [0.25, 0.3) is 0 Å². The molecule has 0 fully saturated rings. The fourth-order valence-electron chi connectivity index (χ4n) is 1.61. The van der Waals surface area contributed by atoms with Gasteiger partial charge in [-0.05, 0) is 42.0 Å². The van der Waals surface area contributed by atoms with Crippen molar-refractivity contribution in [1.82, 2.24) is 10.2 Å². The highest BCUT2D eigenvalue weighted by atomic mass is 79.9. The SMILES string of the molecule is CCNC(=O)CN(C)C(CN)c1ccc(Br)s1. The van der Waals surface area contributed by atoms with E-state index in [1.54, 1.807) is 11.3 Å². The van der Waals surface area contributed by atoms with Gasteiger partial charge < -0.3 is 11.1 Å². The van der Waals surface area contributed by atoms with E-state index in [0.717, 1.165) is 3.79 Å². The van der Waals surface area contributed by atoms with Crippen LogP contribution in [0.1, 0.15) is 17.8 Å². The first-order valence-corrected chi connectivity index (χ1v) is 7.11. The molecule has 1 unspecified atom stereocenters. The molecule has 0 saturated carbocycles. The molecular weight excluding hydrogens is 302 g/mol. The van der Waals surface area contributed by atoms with Gasteiger partial charge >= 0.3 is 0 Å². The van der Waals surface area contributed by atoms with E-state index in [0.29, 0.717) is 19.6 Å². The highest BCUT2D eigenvalue weighted by Gasteiger charge is 2.19. The minimum absolute atomic E-state index is 0.0315. The fourth-order valence-corrected chi connectivity index (χ4v) is 3.21. The Morgan fingerprint density at radius 1 is 1.65 bits per heavy atom. The van der Waals surface area contributed by atoms with Crippen molar-refractivity contribution in [3.63, 3.8) is 0 Å². The molecule has 4 nitrogen and oxygen atoms in total. The Hall–Kier alpha value is -0.430. The molecule has 0 radical (unpaired) electrons. The molecule has 1 heterocycles. The molecule has 1 rings (SSSR count). The second-order valence-electron chi connectivity index (χ2n) is 3.76. The normalized spacial score (nSPS) is 12.8. The van der Waals surface area contributed by atoms with Crippen molar-refractivity contribution in [3.05, 3.63) is 20.8 Å². The molecule has 0 aromatic carbocycles. The van der Waals surface area contributed by atoms with Crippen LogP contribution in [0.5, 0.6) is 0 Å². The lowest BCUT2D eigenvalue weighted by Crippen LogP contribution is -2.39. The maximum Gasteiger partial charge on any atom is 0.234 e. The van der Waals surface area contributed by atoms with Crippen molar-refractivity contribution in [1.29, 1.82) is 0 Å². The maximum atomic E-state index is 11.5. The Balaban J connectivity index is 2.64. The van der Waals surface area contributed by atoms with Crippen LogP contribution in [0.2, 0.25) is 0 Å². The van der Waals surface area contributed by atoms with E-state index in [9.17, 15) is 4.79 Å². The van der Waals surface area contributed by atoms with Gasteiger partial charge in [0.2, 0.25) is 5.91 Å². The summed E-state index contributed by atoms with van der Waals surface area (Å²) in [5, 5.41) is 2.78. The van der Waals surface area contributed by atoms with Gasteiger partial charge in [0.1, 0.15) is 0 Å². The van der Waals surface area contributed by atoms with E-state index in [-0.39, 0.29) is 11.9 Å². The molecule has 0 spiro atoms. The molecule has 6 heteroatoms. The fraction of sp³-hybridized carbons (Fsp3) is 0.545. The zero-order valence-electron chi connectivity index (χ0n) is 10.1. The lowest BCUT2D eigenvalue weighted by Gasteiger charge is -2.25. The summed E-state index contributed by atoms with van der Waals surface area (Å²) in [6.45, 7) is 3.44. The Kier molecular flexibility index (Phi) is 6.11. The van der Waals surface area contributed by atoms with E-state index >= 15 is 0 Å². The number of rotatable bonds is 6. The third kappa shape index (κ3) is 4.39. The molecule has 1 amide bonds. The van der Waals surface area contributed by atoms with E-state index in [2.05, 4.69) is 21.2 Å². The number of likely N-dealkylation sites (N-methyl/N-ethyl adjacent to an activating group) is 2. The highest BCUT2D eigenvalue weighted by molar-refractivity contribution is 9.11. The van der Waals surface area contributed by atoms with Crippen LogP contribution in [0.4, 0.5) is 0 Å². The number of nitrogens with zero attached hydrogens (tertiary/aromatic N) is 1. The largest absolute Gasteiger partial charge is 0.355 e. The van der Waals surface area contributed by atoms with Crippen LogP contribution >= 0.6 is 27.3 Å². The Morgan fingerprint density at radius 3 is 2.82 bits per heavy atom. The van der Waals surface area contributed by atoms with Crippen LogP contribution in [-0.2, 0) is 4.79 Å². The standard InChI is InChI=1S/C11H18BrN3OS/c1-3-14-11(16)7-15(2)8(6-13)9-4-5-10(12)17-9/h4-5,8H,3,6-7,13H2,1-2H3,(H,14,16). The van der Waals surface area contributed by atoms with E-state index < -0.39 is 0 Å². The summed E-state index contributed by atoms with van der Waals surface area (Å²) in [6.07, 6.45) is 0. The first-order valence-electron chi connectivity index (χ1n) is 5.50. The van der Waals surface area contributed by atoms with Crippen LogP contribution in [0.3, 0.4) is 0 Å². The second-order valence-corrected chi connectivity index (χ2v) is 6.26. The summed E-state index contributed by atoms with van der Waals surface area (Å²) in [7, 11) is 1.92. The number of hydrogen-bond acceptors (Lipinski definition) is 4. The van der Waals surface area contributed by atoms with Crippen LogP contribution < -0.4 is 11.1 Å². The minimum atomic E-state index is 0.0315. The Bertz CT molecular complexity index is 369. The second kappa shape index (κ2) is 7.10. The summed E-state index contributed by atoms with van der Waals surface area (Å²) in [5.41, 5.74) is 5.78. The molecule has 0 saturated heterocycles. The molecule has 3 N–H and O–H groups in total. The topological polar surface area (TPSA) is 58.4 Å². The number of halogens is 1. The number of carbonyl (C=O) groups excluding carboxylic acids is 1. The van der Waals surface area contributed by atoms with Gasteiger partial charge in [0.25, 0.3) is 0 Å². The van der Waals surface area contributed by atoms with Gasteiger partial charge in [0.05, 0.1) is 16.4 Å². The average Bonchev–Trinajstić information content (AvgIpc) is 2.66. The smallest absolute Gasteiger partial charge is 0.234 e. The third-order valence-corrected chi connectivity index (χ3v) is 4.17. The summed E-state index contributed by atoms with van der Waals surface area (Å²) in [4.78, 5) is 14.7. The summed E-state index contributed by atoms with van der Waals surface area (Å²) >= 11 is 5.09. The van der Waals surface area contributed by atoms with Crippen LogP contribution in [0, 0.1) is 0 Å². The number of nitrogens with two attached hydrogens (primary N) is 1. The molecule has 0 aliphatic heterocycles. The van der Waals surface area contributed by atoms with Gasteiger partial charge in [-0.15, -0.1) is 11.3 Å². The molecule has 0 aliphatic rings. The number of thiophene rings is 1. The number of amides is 1. The van der Waals surface area contributed by atoms with Crippen molar-refractivity contribution < 1.29 is 4.79 Å². The first-order chi connectivity index (χ1) is 8.08. The number of carbonyl (C=O) groups is 1. The molecule has 96 valence electrons. The quantitative estimate of drug-likeness (QED) is 0.837. The van der Waals surface area contributed by atoms with E-state index in [1.807, 2.05) is 31.0 Å². The van der Waals surface area contributed by atoms with E-state index in [1.165, 1.54) is 4.88 Å². The van der Waals surface area contributed by atoms with Crippen molar-refractivity contribution in [2.24, 2.45) is 5.73 Å². The average molecular weight is 320 g/mol. The predicted octanol–water partition coefficient (Wildman–Crippen LogP) is 1.58. The molecule has 17 heavy (non-hydrogen) atoms. The predicted molar refractivity (Wildman–Crippen MR) is 75.1 cm³/mol. The van der Waals surface area contributed by atoms with Crippen molar-refractivity contribution in [2.45, 2.75) is 13.0 Å². The van der Waals surface area contributed by atoms with Crippen molar-refractivity contribution in [2.75, 3.05) is 26.7 Å². The molecule has 1 atom stereocenters. The van der Waals surface area contributed by atoms with Gasteiger partial charge in [-0.3, -0.25) is 9.69 Å². The Morgan fingerprint density at radius 2 is 2.35 bits per heavy atom. The van der Waals surface area contributed by atoms with Gasteiger partial charge in [-0.25, -0.2) is 0 Å². The highest BCUT2D eigenvalue weighted by Crippen LogP contribution is 2.29. The lowest BCUT2D eigenvalue weighted by molar-refractivity contribution is -0.122. The molecule has 0 bridgehead atoms. The van der Waals surface area contributed by atoms with Gasteiger partial charge in [-0.1, -0.05) is 0 Å². The molecule has 0 aliphatic carbocycles. The molecule has 1 aromatic heterocycles. The maximum absolute atomic E-state index is 11.5. The van der Waals surface area contributed by atoms with Gasteiger partial charge in [0.15, 0.2) is 0 Å². The summed E-state index contributed by atoms with van der Waals surface area (Å²) in [6, 6.07) is 4.14. The summed E-state index contributed by atoms with van der Waals surface area (Å²) < 4.78 is 1.08. The van der Waals surface area contributed by atoms with E-state index in [4.69, 9.17) is 5.73 Å². The zero-order valence-corrected chi connectivity index (χ0v) is 12.5. The third-order valence-electron chi connectivity index (χ3n) is 2.44.